The number of rotatable bonds is 3. The Morgan fingerprint density at radius 3 is 2.24 bits per heavy atom. The number of Topliss-reactive ketones (excluding diaryl/α,β-unsaturated/α-hetero) is 1. The van der Waals surface area contributed by atoms with Crippen LogP contribution in [0.25, 0.3) is 5.57 Å². The summed E-state index contributed by atoms with van der Waals surface area (Å²) < 4.78 is 33.7. The predicted molar refractivity (Wildman–Crippen MR) is 89.0 cm³/mol. The van der Waals surface area contributed by atoms with Crippen LogP contribution in [0.15, 0.2) is 60.2 Å². The highest BCUT2D eigenvalue weighted by molar-refractivity contribution is 6.24. The zero-order valence-electron chi connectivity index (χ0n) is 13.8. The molecule has 3 nitrogen and oxygen atoms in total. The van der Waals surface area contributed by atoms with Crippen molar-refractivity contribution in [3.05, 3.63) is 77.1 Å². The Bertz CT molecular complexity index is 856. The van der Waals surface area contributed by atoms with E-state index in [1.54, 1.807) is 30.3 Å². The van der Waals surface area contributed by atoms with Gasteiger partial charge in [0.15, 0.2) is 0 Å². The average molecular weight is 342 g/mol. The molecule has 25 heavy (non-hydrogen) atoms. The highest BCUT2D eigenvalue weighted by Crippen LogP contribution is 2.51. The van der Waals surface area contributed by atoms with Gasteiger partial charge in [-0.3, -0.25) is 4.79 Å². The second kappa shape index (κ2) is 6.24. The largest absolute Gasteiger partial charge is 0.466 e. The molecule has 0 bridgehead atoms. The fourth-order valence-electron chi connectivity index (χ4n) is 3.35. The highest BCUT2D eigenvalue weighted by atomic mass is 19.1. The Morgan fingerprint density at radius 1 is 1.08 bits per heavy atom. The first-order valence-corrected chi connectivity index (χ1v) is 7.75. The van der Waals surface area contributed by atoms with Gasteiger partial charge >= 0.3 is 5.97 Å². The summed E-state index contributed by atoms with van der Waals surface area (Å²) in [7, 11) is 1.04. The minimum Gasteiger partial charge on any atom is -0.466 e. The van der Waals surface area contributed by atoms with Crippen LogP contribution in [0.5, 0.6) is 0 Å². The van der Waals surface area contributed by atoms with Gasteiger partial charge in [-0.25, -0.2) is 13.6 Å². The van der Waals surface area contributed by atoms with E-state index >= 15 is 4.39 Å². The Labute approximate surface area is 143 Å². The lowest BCUT2D eigenvalue weighted by Crippen LogP contribution is -2.45. The number of allylic oxidation sites excluding steroid dienone is 2. The van der Waals surface area contributed by atoms with Gasteiger partial charge in [-0.15, -0.1) is 0 Å². The van der Waals surface area contributed by atoms with Crippen molar-refractivity contribution in [2.45, 2.75) is 18.5 Å². The Balaban J connectivity index is 2.26. The summed E-state index contributed by atoms with van der Waals surface area (Å²) in [5.41, 5.74) is -1.34. The number of hydrogen-bond donors (Lipinski definition) is 0. The van der Waals surface area contributed by atoms with Gasteiger partial charge in [0, 0.05) is 5.57 Å². The number of carbonyl (C=O) groups is 2. The van der Waals surface area contributed by atoms with Gasteiger partial charge in [-0.2, -0.15) is 0 Å². The summed E-state index contributed by atoms with van der Waals surface area (Å²) in [4.78, 5) is 24.9. The molecule has 0 aliphatic heterocycles. The van der Waals surface area contributed by atoms with Crippen LogP contribution in [0.3, 0.4) is 0 Å². The number of esters is 1. The van der Waals surface area contributed by atoms with Crippen LogP contribution in [0.4, 0.5) is 8.78 Å². The van der Waals surface area contributed by atoms with E-state index in [2.05, 4.69) is 4.74 Å². The van der Waals surface area contributed by atoms with Crippen molar-refractivity contribution in [3.8, 4) is 0 Å². The van der Waals surface area contributed by atoms with E-state index in [4.69, 9.17) is 0 Å². The maximum atomic E-state index is 15.8. The normalized spacial score (nSPS) is 23.0. The first-order valence-electron chi connectivity index (χ1n) is 7.75. The van der Waals surface area contributed by atoms with Gasteiger partial charge in [0.2, 0.25) is 5.78 Å². The smallest absolute Gasteiger partial charge is 0.352 e. The number of ether oxygens (including phenoxy) is 1. The highest BCUT2D eigenvalue weighted by Gasteiger charge is 2.61. The summed E-state index contributed by atoms with van der Waals surface area (Å²) in [6.45, 7) is 1.49. The van der Waals surface area contributed by atoms with Crippen LogP contribution in [-0.4, -0.2) is 24.5 Å². The Kier molecular flexibility index (Phi) is 4.25. The van der Waals surface area contributed by atoms with Crippen LogP contribution < -0.4 is 0 Å². The minimum absolute atomic E-state index is 0.161. The van der Waals surface area contributed by atoms with Crippen LogP contribution in [0.2, 0.25) is 0 Å². The third kappa shape index (κ3) is 2.56. The molecule has 0 aromatic heterocycles. The molecule has 0 saturated heterocycles. The van der Waals surface area contributed by atoms with Gasteiger partial charge in [-0.1, -0.05) is 42.5 Å². The molecule has 0 saturated carbocycles. The van der Waals surface area contributed by atoms with Crippen molar-refractivity contribution < 1.29 is 23.1 Å². The number of halogens is 2. The number of ketones is 1. The van der Waals surface area contributed by atoms with Crippen molar-refractivity contribution in [2.24, 2.45) is 0 Å². The lowest BCUT2D eigenvalue weighted by atomic mass is 9.80. The molecule has 2 aromatic carbocycles. The first-order chi connectivity index (χ1) is 11.9. The summed E-state index contributed by atoms with van der Waals surface area (Å²) in [5, 5.41) is 0. The van der Waals surface area contributed by atoms with Crippen molar-refractivity contribution in [1.82, 2.24) is 0 Å². The molecule has 5 heteroatoms. The fraction of sp³-hybridized carbons (Fsp3) is 0.200. The third-order valence-corrected chi connectivity index (χ3v) is 4.53. The molecule has 0 N–H and O–H groups in total. The monoisotopic (exact) mass is 342 g/mol. The molecule has 1 aliphatic carbocycles. The number of carbonyl (C=O) groups excluding carboxylic acids is 2. The quantitative estimate of drug-likeness (QED) is 0.629. The van der Waals surface area contributed by atoms with E-state index < -0.39 is 29.2 Å². The lowest BCUT2D eigenvalue weighted by molar-refractivity contribution is -0.158. The Morgan fingerprint density at radius 2 is 1.68 bits per heavy atom. The predicted octanol–water partition coefficient (Wildman–Crippen LogP) is 3.85. The van der Waals surface area contributed by atoms with Crippen molar-refractivity contribution in [2.75, 3.05) is 7.11 Å². The van der Waals surface area contributed by atoms with E-state index in [1.165, 1.54) is 31.2 Å². The van der Waals surface area contributed by atoms with Gasteiger partial charge in [0.25, 0.3) is 5.67 Å². The number of hydrogen-bond acceptors (Lipinski definition) is 3. The second-order valence-electron chi connectivity index (χ2n) is 5.92. The first kappa shape index (κ1) is 17.0. The second-order valence-corrected chi connectivity index (χ2v) is 5.92. The van der Waals surface area contributed by atoms with Gasteiger partial charge in [0.1, 0.15) is 5.82 Å². The van der Waals surface area contributed by atoms with Crippen LogP contribution in [0, 0.1) is 5.82 Å². The molecular weight excluding hydrogens is 326 g/mol. The van der Waals surface area contributed by atoms with Crippen molar-refractivity contribution >= 4 is 17.3 Å². The maximum Gasteiger partial charge on any atom is 0.352 e. The number of methoxy groups -OCH3 is 1. The van der Waals surface area contributed by atoms with E-state index in [0.717, 1.165) is 7.11 Å². The van der Waals surface area contributed by atoms with Gasteiger partial charge in [-0.05, 0) is 35.8 Å². The SMILES string of the molecule is COC(=O)[C@]1(F)C(=O)C(C)=C(c2ccccc2)[C@@H]1c1ccc(F)cc1. The van der Waals surface area contributed by atoms with E-state index in [1.807, 2.05) is 0 Å². The standard InChI is InChI=1S/C20H16F2O3/c1-12-16(13-6-4-3-5-7-13)17(14-8-10-15(21)11-9-14)20(22,18(12)23)19(24)25-2/h3-11,17H,1-2H3/t17-,20+/m0/s1. The molecule has 1 aliphatic rings. The zero-order chi connectivity index (χ0) is 18.2. The zero-order valence-corrected chi connectivity index (χ0v) is 13.8. The molecule has 0 spiro atoms. The molecule has 0 unspecified atom stereocenters. The van der Waals surface area contributed by atoms with Gasteiger partial charge in [0.05, 0.1) is 13.0 Å². The summed E-state index contributed by atoms with van der Waals surface area (Å²) >= 11 is 0. The minimum atomic E-state index is -2.87. The lowest BCUT2D eigenvalue weighted by Gasteiger charge is -2.26. The molecule has 3 rings (SSSR count). The topological polar surface area (TPSA) is 43.4 Å². The van der Waals surface area contributed by atoms with Gasteiger partial charge < -0.3 is 4.74 Å². The molecule has 0 radical (unpaired) electrons. The van der Waals surface area contributed by atoms with E-state index in [-0.39, 0.29) is 5.57 Å². The maximum absolute atomic E-state index is 15.8. The van der Waals surface area contributed by atoms with Crippen molar-refractivity contribution in [3.63, 3.8) is 0 Å². The van der Waals surface area contributed by atoms with E-state index in [0.29, 0.717) is 16.7 Å². The summed E-state index contributed by atoms with van der Waals surface area (Å²) in [6.07, 6.45) is 0. The Hall–Kier alpha value is -2.82. The third-order valence-electron chi connectivity index (χ3n) is 4.53. The molecule has 0 fully saturated rings. The molecule has 0 heterocycles. The summed E-state index contributed by atoms with van der Waals surface area (Å²) in [6, 6.07) is 13.9. The number of alkyl halides is 1. The summed E-state index contributed by atoms with van der Waals surface area (Å²) in [5.74, 6) is -3.86. The van der Waals surface area contributed by atoms with Crippen LogP contribution in [0.1, 0.15) is 24.0 Å². The molecule has 2 aromatic rings. The van der Waals surface area contributed by atoms with E-state index in [9.17, 15) is 14.0 Å². The molecular formula is C20H16F2O3. The molecule has 2 atom stereocenters. The molecule has 128 valence electrons. The molecule has 0 amide bonds. The number of benzene rings is 2. The van der Waals surface area contributed by atoms with Crippen LogP contribution >= 0.6 is 0 Å². The van der Waals surface area contributed by atoms with Crippen LogP contribution in [-0.2, 0) is 14.3 Å². The van der Waals surface area contributed by atoms with Crippen molar-refractivity contribution in [1.29, 1.82) is 0 Å². The fourth-order valence-corrected chi connectivity index (χ4v) is 3.35. The average Bonchev–Trinajstić information content (AvgIpc) is 2.84.